The maximum absolute atomic E-state index is 12.7. The lowest BCUT2D eigenvalue weighted by atomic mass is 9.63. The predicted octanol–water partition coefficient (Wildman–Crippen LogP) is 4.31. The number of aliphatic carboxylic acids is 1. The van der Waals surface area contributed by atoms with Crippen LogP contribution in [0.2, 0.25) is 0 Å². The van der Waals surface area contributed by atoms with Crippen molar-refractivity contribution in [2.45, 2.75) is 59.1 Å². The normalized spacial score (nSPS) is 25.2. The Balaban J connectivity index is 2.19. The van der Waals surface area contributed by atoms with E-state index < -0.39 is 17.6 Å². The molecule has 1 aliphatic rings. The van der Waals surface area contributed by atoms with E-state index in [0.29, 0.717) is 13.0 Å². The summed E-state index contributed by atoms with van der Waals surface area (Å²) in [5.74, 6) is -1.08. The fraction of sp³-hybridized carbons (Fsp3) is 0.600. The van der Waals surface area contributed by atoms with Crippen LogP contribution in [0.4, 0.5) is 4.79 Å². The molecule has 0 saturated heterocycles. The van der Waals surface area contributed by atoms with Crippen LogP contribution in [-0.2, 0) is 16.1 Å². The largest absolute Gasteiger partial charge is 0.479 e. The maximum Gasteiger partial charge on any atom is 0.411 e. The SMILES string of the molecule is CCN(C(=O)OCc1ccccc1)C1(C(=O)O)CCC(C)(C)CC1C. The first kappa shape index (κ1) is 19.3. The Kier molecular flexibility index (Phi) is 5.76. The molecule has 1 aromatic rings. The zero-order valence-electron chi connectivity index (χ0n) is 15.6. The van der Waals surface area contributed by atoms with Crippen LogP contribution < -0.4 is 0 Å². The molecule has 2 atom stereocenters. The molecule has 2 rings (SSSR count). The van der Waals surface area contributed by atoms with Crippen molar-refractivity contribution in [2.75, 3.05) is 6.54 Å². The lowest BCUT2D eigenvalue weighted by Gasteiger charge is -2.50. The van der Waals surface area contributed by atoms with E-state index in [1.165, 1.54) is 4.90 Å². The molecule has 1 fully saturated rings. The van der Waals surface area contributed by atoms with Crippen LogP contribution >= 0.6 is 0 Å². The standard InChI is InChI=1S/C20H29NO4/c1-5-21(18(24)25-14-16-9-7-6-8-10-16)20(17(22)23)12-11-19(3,4)13-15(20)2/h6-10,15H,5,11-14H2,1-4H3,(H,22,23). The summed E-state index contributed by atoms with van der Waals surface area (Å²) in [6, 6.07) is 9.41. The van der Waals surface area contributed by atoms with E-state index in [0.717, 1.165) is 18.4 Å². The zero-order valence-corrected chi connectivity index (χ0v) is 15.6. The second kappa shape index (κ2) is 7.46. The highest BCUT2D eigenvalue weighted by molar-refractivity contribution is 5.85. The van der Waals surface area contributed by atoms with Gasteiger partial charge in [0, 0.05) is 6.54 Å². The minimum absolute atomic E-state index is 0.0890. The molecular weight excluding hydrogens is 318 g/mol. The van der Waals surface area contributed by atoms with Crippen molar-refractivity contribution in [1.82, 2.24) is 4.90 Å². The number of carbonyl (C=O) groups is 2. The first-order chi connectivity index (χ1) is 11.7. The van der Waals surface area contributed by atoms with Gasteiger partial charge < -0.3 is 9.84 Å². The molecule has 1 saturated carbocycles. The molecule has 25 heavy (non-hydrogen) atoms. The number of benzene rings is 1. The van der Waals surface area contributed by atoms with Crippen LogP contribution in [0.1, 0.15) is 52.5 Å². The minimum Gasteiger partial charge on any atom is -0.479 e. The third kappa shape index (κ3) is 3.97. The van der Waals surface area contributed by atoms with Crippen LogP contribution in [0.3, 0.4) is 0 Å². The quantitative estimate of drug-likeness (QED) is 0.861. The molecule has 5 heteroatoms. The lowest BCUT2D eigenvalue weighted by molar-refractivity contribution is -0.159. The molecule has 1 aliphatic carbocycles. The highest BCUT2D eigenvalue weighted by Crippen LogP contribution is 2.47. The molecule has 5 nitrogen and oxygen atoms in total. The molecule has 0 bridgehead atoms. The smallest absolute Gasteiger partial charge is 0.411 e. The number of rotatable bonds is 5. The van der Waals surface area contributed by atoms with E-state index in [1.54, 1.807) is 6.92 Å². The van der Waals surface area contributed by atoms with Crippen molar-refractivity contribution >= 4 is 12.1 Å². The Morgan fingerprint density at radius 1 is 1.24 bits per heavy atom. The van der Waals surface area contributed by atoms with E-state index in [1.807, 2.05) is 37.3 Å². The van der Waals surface area contributed by atoms with Gasteiger partial charge in [-0.05, 0) is 43.1 Å². The van der Waals surface area contributed by atoms with Crippen LogP contribution in [0.5, 0.6) is 0 Å². The van der Waals surface area contributed by atoms with E-state index in [-0.39, 0.29) is 17.9 Å². The number of ether oxygens (including phenoxy) is 1. The fourth-order valence-electron chi connectivity index (χ4n) is 4.08. The van der Waals surface area contributed by atoms with Gasteiger partial charge in [0.25, 0.3) is 0 Å². The first-order valence-corrected chi connectivity index (χ1v) is 8.94. The fourth-order valence-corrected chi connectivity index (χ4v) is 4.08. The maximum atomic E-state index is 12.7. The first-order valence-electron chi connectivity index (χ1n) is 8.94. The number of hydrogen-bond donors (Lipinski definition) is 1. The van der Waals surface area contributed by atoms with Gasteiger partial charge in [-0.3, -0.25) is 4.90 Å². The topological polar surface area (TPSA) is 66.8 Å². The van der Waals surface area contributed by atoms with E-state index in [9.17, 15) is 14.7 Å². The number of carboxylic acids is 1. The van der Waals surface area contributed by atoms with Gasteiger partial charge in [0.15, 0.2) is 0 Å². The number of likely N-dealkylation sites (N-methyl/N-ethyl adjacent to an activating group) is 1. The number of carbonyl (C=O) groups excluding carboxylic acids is 1. The van der Waals surface area contributed by atoms with Crippen LogP contribution in [-0.4, -0.2) is 34.2 Å². The molecule has 0 aromatic heterocycles. The molecular formula is C20H29NO4. The lowest BCUT2D eigenvalue weighted by Crippen LogP contribution is -2.63. The molecule has 0 radical (unpaired) electrons. The number of carboxylic acid groups (broad SMARTS) is 1. The summed E-state index contributed by atoms with van der Waals surface area (Å²) >= 11 is 0. The average Bonchev–Trinajstić information content (AvgIpc) is 2.55. The third-order valence-corrected chi connectivity index (χ3v) is 5.45. The molecule has 0 heterocycles. The van der Waals surface area contributed by atoms with Crippen molar-refractivity contribution in [3.05, 3.63) is 35.9 Å². The number of hydrogen-bond acceptors (Lipinski definition) is 3. The van der Waals surface area contributed by atoms with Gasteiger partial charge in [-0.25, -0.2) is 9.59 Å². The molecule has 0 aliphatic heterocycles. The molecule has 1 amide bonds. The summed E-state index contributed by atoms with van der Waals surface area (Å²) in [5.41, 5.74) is -0.224. The van der Waals surface area contributed by atoms with E-state index >= 15 is 0 Å². The van der Waals surface area contributed by atoms with Crippen molar-refractivity contribution < 1.29 is 19.4 Å². The average molecular weight is 347 g/mol. The van der Waals surface area contributed by atoms with Crippen LogP contribution in [0, 0.1) is 11.3 Å². The van der Waals surface area contributed by atoms with Crippen molar-refractivity contribution in [3.63, 3.8) is 0 Å². The summed E-state index contributed by atoms with van der Waals surface area (Å²) in [6.45, 7) is 8.50. The minimum atomic E-state index is -1.20. The molecule has 0 spiro atoms. The highest BCUT2D eigenvalue weighted by atomic mass is 16.6. The summed E-state index contributed by atoms with van der Waals surface area (Å²) in [6.07, 6.45) is 1.43. The highest BCUT2D eigenvalue weighted by Gasteiger charge is 2.54. The molecule has 2 unspecified atom stereocenters. The van der Waals surface area contributed by atoms with Crippen molar-refractivity contribution in [2.24, 2.45) is 11.3 Å². The Labute approximate surface area is 150 Å². The predicted molar refractivity (Wildman–Crippen MR) is 96.2 cm³/mol. The summed E-state index contributed by atoms with van der Waals surface area (Å²) in [7, 11) is 0. The molecule has 1 aromatic carbocycles. The van der Waals surface area contributed by atoms with Gasteiger partial charge in [0.2, 0.25) is 0 Å². The van der Waals surface area contributed by atoms with Crippen molar-refractivity contribution in [1.29, 1.82) is 0 Å². The van der Waals surface area contributed by atoms with Crippen LogP contribution in [0.15, 0.2) is 30.3 Å². The summed E-state index contributed by atoms with van der Waals surface area (Å²) in [5, 5.41) is 10.0. The third-order valence-electron chi connectivity index (χ3n) is 5.45. The molecule has 138 valence electrons. The van der Waals surface area contributed by atoms with Gasteiger partial charge in [-0.1, -0.05) is 51.1 Å². The van der Waals surface area contributed by atoms with Gasteiger partial charge >= 0.3 is 12.1 Å². The summed E-state index contributed by atoms with van der Waals surface area (Å²) in [4.78, 5) is 26.3. The van der Waals surface area contributed by atoms with Gasteiger partial charge in [-0.2, -0.15) is 0 Å². The Hall–Kier alpha value is -2.04. The number of amides is 1. The summed E-state index contributed by atoms with van der Waals surface area (Å²) < 4.78 is 5.43. The second-order valence-electron chi connectivity index (χ2n) is 7.78. The van der Waals surface area contributed by atoms with E-state index in [2.05, 4.69) is 13.8 Å². The van der Waals surface area contributed by atoms with Gasteiger partial charge in [0.05, 0.1) is 0 Å². The Bertz CT molecular complexity index is 613. The Morgan fingerprint density at radius 3 is 2.40 bits per heavy atom. The Morgan fingerprint density at radius 2 is 1.88 bits per heavy atom. The second-order valence-corrected chi connectivity index (χ2v) is 7.78. The monoisotopic (exact) mass is 347 g/mol. The zero-order chi connectivity index (χ0) is 18.7. The van der Waals surface area contributed by atoms with Crippen molar-refractivity contribution in [3.8, 4) is 0 Å². The van der Waals surface area contributed by atoms with Gasteiger partial charge in [-0.15, -0.1) is 0 Å². The number of nitrogens with zero attached hydrogens (tertiary/aromatic N) is 1. The van der Waals surface area contributed by atoms with E-state index in [4.69, 9.17) is 4.74 Å². The van der Waals surface area contributed by atoms with Gasteiger partial charge in [0.1, 0.15) is 12.1 Å². The molecule has 1 N–H and O–H groups in total. The van der Waals surface area contributed by atoms with Crippen LogP contribution in [0.25, 0.3) is 0 Å².